The number of hydrogen-bond donors (Lipinski definition) is 1. The molecule has 0 spiro atoms. The highest BCUT2D eigenvalue weighted by Crippen LogP contribution is 2.36. The Morgan fingerprint density at radius 3 is 2.30 bits per heavy atom. The van der Waals surface area contributed by atoms with Gasteiger partial charge >= 0.3 is 12.1 Å². The van der Waals surface area contributed by atoms with E-state index >= 15 is 0 Å². The molecule has 0 aliphatic heterocycles. The van der Waals surface area contributed by atoms with Crippen LogP contribution in [-0.4, -0.2) is 49.7 Å². The highest BCUT2D eigenvalue weighted by Gasteiger charge is 2.34. The molecule has 7 heteroatoms. The maximum Gasteiger partial charge on any atom is 0.418 e. The summed E-state index contributed by atoms with van der Waals surface area (Å²) in [4.78, 5) is 13.9. The van der Waals surface area contributed by atoms with E-state index in [0.29, 0.717) is 6.54 Å². The van der Waals surface area contributed by atoms with Crippen molar-refractivity contribution in [3.05, 3.63) is 29.8 Å². The fourth-order valence-corrected chi connectivity index (χ4v) is 1.76. The molecule has 0 bridgehead atoms. The lowest BCUT2D eigenvalue weighted by atomic mass is 10.1. The van der Waals surface area contributed by atoms with Gasteiger partial charge < -0.3 is 14.9 Å². The van der Waals surface area contributed by atoms with Crippen molar-refractivity contribution in [2.75, 3.05) is 38.6 Å². The number of likely N-dealkylation sites (N-methyl/N-ethyl adjacent to an activating group) is 1. The van der Waals surface area contributed by atoms with Crippen LogP contribution in [0.2, 0.25) is 0 Å². The van der Waals surface area contributed by atoms with E-state index in [4.69, 9.17) is 5.11 Å². The number of hydrogen-bond acceptors (Lipinski definition) is 3. The molecular formula is C13H17F3N2O2. The van der Waals surface area contributed by atoms with Gasteiger partial charge in [-0.25, -0.2) is 0 Å². The third kappa shape index (κ3) is 4.73. The van der Waals surface area contributed by atoms with E-state index in [-0.39, 0.29) is 12.2 Å². The van der Waals surface area contributed by atoms with Crippen LogP contribution in [0.25, 0.3) is 0 Å². The molecule has 20 heavy (non-hydrogen) atoms. The first-order chi connectivity index (χ1) is 9.21. The molecule has 0 atom stereocenters. The van der Waals surface area contributed by atoms with Gasteiger partial charge in [-0.15, -0.1) is 0 Å². The van der Waals surface area contributed by atoms with Crippen molar-refractivity contribution in [1.82, 2.24) is 4.90 Å². The first kappa shape index (κ1) is 16.3. The minimum atomic E-state index is -4.51. The molecule has 1 aromatic carbocycles. The number of halogens is 3. The van der Waals surface area contributed by atoms with Crippen LogP contribution in [0.4, 0.5) is 18.9 Å². The second-order valence-corrected chi connectivity index (χ2v) is 4.63. The third-order valence-corrected chi connectivity index (χ3v) is 2.69. The van der Waals surface area contributed by atoms with Gasteiger partial charge in [0, 0.05) is 18.8 Å². The maximum atomic E-state index is 13.0. The minimum Gasteiger partial charge on any atom is -0.480 e. The lowest BCUT2D eigenvalue weighted by Crippen LogP contribution is -2.36. The number of aliphatic carboxylic acids is 1. The molecule has 0 aromatic heterocycles. The largest absolute Gasteiger partial charge is 0.480 e. The molecular weight excluding hydrogens is 273 g/mol. The van der Waals surface area contributed by atoms with Crippen molar-refractivity contribution in [3.8, 4) is 0 Å². The van der Waals surface area contributed by atoms with Gasteiger partial charge in [0.2, 0.25) is 0 Å². The van der Waals surface area contributed by atoms with Crippen molar-refractivity contribution in [1.29, 1.82) is 0 Å². The molecule has 0 fully saturated rings. The SMILES string of the molecule is CN(C)CCN(CC(=O)O)c1ccccc1C(F)(F)F. The fraction of sp³-hybridized carbons (Fsp3) is 0.462. The van der Waals surface area contributed by atoms with Gasteiger partial charge in [-0.05, 0) is 26.2 Å². The summed E-state index contributed by atoms with van der Waals surface area (Å²) < 4.78 is 38.9. The normalized spacial score (nSPS) is 11.7. The van der Waals surface area contributed by atoms with E-state index < -0.39 is 24.3 Å². The number of carbonyl (C=O) groups is 1. The van der Waals surface area contributed by atoms with Crippen molar-refractivity contribution in [2.24, 2.45) is 0 Å². The molecule has 1 N–H and O–H groups in total. The van der Waals surface area contributed by atoms with Crippen molar-refractivity contribution in [3.63, 3.8) is 0 Å². The summed E-state index contributed by atoms with van der Waals surface area (Å²) in [5.74, 6) is -1.17. The predicted octanol–water partition coefficient (Wildman–Crippen LogP) is 2.16. The number of para-hydroxylation sites is 1. The quantitative estimate of drug-likeness (QED) is 0.872. The Morgan fingerprint density at radius 2 is 1.80 bits per heavy atom. The Kier molecular flexibility index (Phi) is 5.38. The van der Waals surface area contributed by atoms with Crippen LogP contribution in [0.5, 0.6) is 0 Å². The van der Waals surface area contributed by atoms with Gasteiger partial charge in [0.25, 0.3) is 0 Å². The smallest absolute Gasteiger partial charge is 0.418 e. The Morgan fingerprint density at radius 1 is 1.20 bits per heavy atom. The summed E-state index contributed by atoms with van der Waals surface area (Å²) in [6, 6.07) is 5.01. The fourth-order valence-electron chi connectivity index (χ4n) is 1.76. The summed E-state index contributed by atoms with van der Waals surface area (Å²) in [6.07, 6.45) is -4.51. The Labute approximate surface area is 115 Å². The summed E-state index contributed by atoms with van der Waals surface area (Å²) in [6.45, 7) is 0.187. The lowest BCUT2D eigenvalue weighted by Gasteiger charge is -2.27. The van der Waals surface area contributed by atoms with Crippen LogP contribution in [0.1, 0.15) is 5.56 Å². The molecule has 0 amide bonds. The molecule has 0 unspecified atom stereocenters. The van der Waals surface area contributed by atoms with Crippen LogP contribution in [0, 0.1) is 0 Å². The number of carboxylic acids is 1. The van der Waals surface area contributed by atoms with Crippen LogP contribution >= 0.6 is 0 Å². The summed E-state index contributed by atoms with van der Waals surface area (Å²) in [5.41, 5.74) is -0.927. The topological polar surface area (TPSA) is 43.8 Å². The monoisotopic (exact) mass is 290 g/mol. The molecule has 112 valence electrons. The van der Waals surface area contributed by atoms with Crippen LogP contribution in [0.3, 0.4) is 0 Å². The molecule has 1 rings (SSSR count). The number of rotatable bonds is 6. The van der Waals surface area contributed by atoms with E-state index in [2.05, 4.69) is 0 Å². The summed E-state index contributed by atoms with van der Waals surface area (Å²) >= 11 is 0. The molecule has 0 saturated carbocycles. The van der Waals surface area contributed by atoms with E-state index in [1.54, 1.807) is 19.0 Å². The van der Waals surface area contributed by atoms with Gasteiger partial charge in [-0.2, -0.15) is 13.2 Å². The molecule has 0 aliphatic carbocycles. The van der Waals surface area contributed by atoms with Crippen molar-refractivity contribution >= 4 is 11.7 Å². The molecule has 0 aliphatic rings. The number of nitrogens with zero attached hydrogens (tertiary/aromatic N) is 2. The number of anilines is 1. The molecule has 4 nitrogen and oxygen atoms in total. The first-order valence-corrected chi connectivity index (χ1v) is 5.99. The standard InChI is InChI=1S/C13H17F3N2O2/c1-17(2)7-8-18(9-12(19)20)11-6-4-3-5-10(11)13(14,15)16/h3-6H,7-9H2,1-2H3,(H,19,20). The zero-order valence-electron chi connectivity index (χ0n) is 11.3. The molecule has 1 aromatic rings. The van der Waals surface area contributed by atoms with E-state index in [9.17, 15) is 18.0 Å². The maximum absolute atomic E-state index is 13.0. The van der Waals surface area contributed by atoms with Crippen LogP contribution in [-0.2, 0) is 11.0 Å². The summed E-state index contributed by atoms with van der Waals surface area (Å²) in [5, 5.41) is 8.87. The van der Waals surface area contributed by atoms with Gasteiger partial charge in [0.1, 0.15) is 6.54 Å². The zero-order valence-corrected chi connectivity index (χ0v) is 11.3. The minimum absolute atomic E-state index is 0.107. The Hall–Kier alpha value is -1.76. The molecule has 0 radical (unpaired) electrons. The van der Waals surface area contributed by atoms with Crippen molar-refractivity contribution < 1.29 is 23.1 Å². The van der Waals surface area contributed by atoms with Gasteiger partial charge in [-0.3, -0.25) is 4.79 Å². The number of alkyl halides is 3. The number of carboxylic acid groups (broad SMARTS) is 1. The predicted molar refractivity (Wildman–Crippen MR) is 69.8 cm³/mol. The van der Waals surface area contributed by atoms with Crippen LogP contribution < -0.4 is 4.90 Å². The van der Waals surface area contributed by atoms with E-state index in [1.807, 2.05) is 0 Å². The third-order valence-electron chi connectivity index (χ3n) is 2.69. The van der Waals surface area contributed by atoms with Crippen LogP contribution in [0.15, 0.2) is 24.3 Å². The number of benzene rings is 1. The second-order valence-electron chi connectivity index (χ2n) is 4.63. The summed E-state index contributed by atoms with van der Waals surface area (Å²) in [7, 11) is 3.54. The average molecular weight is 290 g/mol. The molecule has 0 saturated heterocycles. The average Bonchev–Trinajstić information content (AvgIpc) is 2.33. The Balaban J connectivity index is 3.09. The van der Waals surface area contributed by atoms with E-state index in [0.717, 1.165) is 6.07 Å². The van der Waals surface area contributed by atoms with Gasteiger partial charge in [0.05, 0.1) is 5.56 Å². The zero-order chi connectivity index (χ0) is 15.3. The lowest BCUT2D eigenvalue weighted by molar-refractivity contribution is -0.138. The Bertz CT molecular complexity index is 461. The highest BCUT2D eigenvalue weighted by molar-refractivity contribution is 5.74. The molecule has 0 heterocycles. The van der Waals surface area contributed by atoms with E-state index in [1.165, 1.54) is 23.1 Å². The van der Waals surface area contributed by atoms with Gasteiger partial charge in [-0.1, -0.05) is 12.1 Å². The van der Waals surface area contributed by atoms with Crippen molar-refractivity contribution in [2.45, 2.75) is 6.18 Å². The first-order valence-electron chi connectivity index (χ1n) is 5.99. The van der Waals surface area contributed by atoms with Gasteiger partial charge in [0.15, 0.2) is 0 Å². The highest BCUT2D eigenvalue weighted by atomic mass is 19.4. The second kappa shape index (κ2) is 6.60.